The van der Waals surface area contributed by atoms with Crippen molar-refractivity contribution in [2.75, 3.05) is 24.7 Å². The molecule has 0 aliphatic carbocycles. The van der Waals surface area contributed by atoms with Crippen molar-refractivity contribution in [3.05, 3.63) is 88.0 Å². The molecule has 4 aromatic rings. The molecule has 0 bridgehead atoms. The molecule has 228 valence electrons. The fraction of sp³-hybridized carbons (Fsp3) is 0.344. The molecule has 4 rings (SSSR count). The summed E-state index contributed by atoms with van der Waals surface area (Å²) in [5, 5.41) is 9.69. The van der Waals surface area contributed by atoms with E-state index in [0.29, 0.717) is 45.8 Å². The minimum Gasteiger partial charge on any atom is -0.467 e. The number of ketones is 1. The van der Waals surface area contributed by atoms with Crippen LogP contribution in [0.2, 0.25) is 5.02 Å². The predicted molar refractivity (Wildman–Crippen MR) is 177 cm³/mol. The fourth-order valence-corrected chi connectivity index (χ4v) is 5.45. The third-order valence-electron chi connectivity index (χ3n) is 5.62. The second-order valence-corrected chi connectivity index (χ2v) is 11.4. The number of aromatic nitrogens is 2. The Morgan fingerprint density at radius 3 is 2.26 bits per heavy atom. The molecular weight excluding hydrogens is 595 g/mol. The molecular formula is C32H40ClFN2O4S2. The third-order valence-corrected chi connectivity index (χ3v) is 8.22. The van der Waals surface area contributed by atoms with Gasteiger partial charge in [0.05, 0.1) is 12.2 Å². The fourth-order valence-electron chi connectivity index (χ4n) is 3.72. The normalized spacial score (nSPS) is 9.95. The van der Waals surface area contributed by atoms with Crippen molar-refractivity contribution >= 4 is 56.5 Å². The Balaban J connectivity index is 0.000000535. The van der Waals surface area contributed by atoms with Crippen molar-refractivity contribution in [3.8, 4) is 11.1 Å². The number of hydrogen-bond donors (Lipinski definition) is 1. The average Bonchev–Trinajstić information content (AvgIpc) is 3.35. The van der Waals surface area contributed by atoms with Crippen LogP contribution in [-0.2, 0) is 16.6 Å². The number of pyridine rings is 1. The van der Waals surface area contributed by atoms with Crippen LogP contribution in [0.15, 0.2) is 54.9 Å². The molecule has 2 aromatic carbocycles. The number of ether oxygens (including phenoxy) is 1. The quantitative estimate of drug-likeness (QED) is 0.0811. The van der Waals surface area contributed by atoms with Crippen LogP contribution in [0.5, 0.6) is 0 Å². The number of rotatable bonds is 10. The molecule has 0 aliphatic heterocycles. The summed E-state index contributed by atoms with van der Waals surface area (Å²) in [6.07, 6.45) is 3.48. The third kappa shape index (κ3) is 10.5. The van der Waals surface area contributed by atoms with E-state index in [9.17, 15) is 14.0 Å². The second kappa shape index (κ2) is 20.1. The smallest absolute Gasteiger partial charge is 0.293 e. The van der Waals surface area contributed by atoms with E-state index in [1.807, 2.05) is 65.1 Å². The molecule has 0 radical (unpaired) electrons. The molecule has 0 atom stereocenters. The zero-order chi connectivity index (χ0) is 31.7. The van der Waals surface area contributed by atoms with Gasteiger partial charge in [0.25, 0.3) is 6.47 Å². The molecule has 0 aliphatic rings. The number of halogens is 2. The first-order chi connectivity index (χ1) is 20.3. The second-order valence-electron chi connectivity index (χ2n) is 8.31. The SMILES string of the molecule is CC.CC.Cc1ccc(C)c(C(=O)c2cn(C)c3ncc(-c4ccc(Cl)cc4)cc23)c1F.O=COCCSSCCO. The van der Waals surface area contributed by atoms with E-state index in [2.05, 4.69) is 9.72 Å². The summed E-state index contributed by atoms with van der Waals surface area (Å²) in [6.45, 7) is 12.5. The lowest BCUT2D eigenvalue weighted by Gasteiger charge is -2.08. The van der Waals surface area contributed by atoms with E-state index in [0.717, 1.165) is 22.6 Å². The van der Waals surface area contributed by atoms with Crippen LogP contribution in [0.3, 0.4) is 0 Å². The van der Waals surface area contributed by atoms with Gasteiger partial charge in [-0.2, -0.15) is 0 Å². The number of aliphatic hydroxyl groups is 1. The molecule has 6 nitrogen and oxygen atoms in total. The van der Waals surface area contributed by atoms with Gasteiger partial charge in [-0.25, -0.2) is 9.37 Å². The molecule has 42 heavy (non-hydrogen) atoms. The van der Waals surface area contributed by atoms with Crippen LogP contribution >= 0.6 is 33.2 Å². The van der Waals surface area contributed by atoms with Crippen molar-refractivity contribution in [3.63, 3.8) is 0 Å². The molecule has 0 fully saturated rings. The molecule has 10 heteroatoms. The number of fused-ring (bicyclic) bond motifs is 1. The molecule has 0 unspecified atom stereocenters. The lowest BCUT2D eigenvalue weighted by molar-refractivity contribution is -0.128. The average molecular weight is 635 g/mol. The van der Waals surface area contributed by atoms with Crippen LogP contribution in [-0.4, -0.2) is 51.6 Å². The summed E-state index contributed by atoms with van der Waals surface area (Å²) >= 11 is 5.98. The first kappa shape index (κ1) is 37.2. The number of benzene rings is 2. The van der Waals surface area contributed by atoms with Crippen molar-refractivity contribution in [1.29, 1.82) is 0 Å². The van der Waals surface area contributed by atoms with Gasteiger partial charge in [-0.15, -0.1) is 0 Å². The number of hydrogen-bond acceptors (Lipinski definition) is 7. The van der Waals surface area contributed by atoms with Gasteiger partial charge in [-0.3, -0.25) is 9.59 Å². The Morgan fingerprint density at radius 2 is 1.64 bits per heavy atom. The van der Waals surface area contributed by atoms with E-state index in [4.69, 9.17) is 16.7 Å². The van der Waals surface area contributed by atoms with Gasteiger partial charge in [0, 0.05) is 52.5 Å². The minimum absolute atomic E-state index is 0.115. The summed E-state index contributed by atoms with van der Waals surface area (Å²) < 4.78 is 21.0. The van der Waals surface area contributed by atoms with E-state index < -0.39 is 5.82 Å². The van der Waals surface area contributed by atoms with Crippen molar-refractivity contribution < 1.29 is 23.8 Å². The van der Waals surface area contributed by atoms with Crippen LogP contribution < -0.4 is 0 Å². The Hall–Kier alpha value is -2.85. The van der Waals surface area contributed by atoms with Crippen molar-refractivity contribution in [2.24, 2.45) is 7.05 Å². The lowest BCUT2D eigenvalue weighted by Crippen LogP contribution is -2.08. The molecule has 0 amide bonds. The minimum atomic E-state index is -0.469. The maximum atomic E-state index is 14.7. The lowest BCUT2D eigenvalue weighted by atomic mass is 9.96. The van der Waals surface area contributed by atoms with E-state index >= 15 is 0 Å². The van der Waals surface area contributed by atoms with Gasteiger partial charge >= 0.3 is 0 Å². The number of aryl methyl sites for hydroxylation is 3. The number of carbonyl (C=O) groups excluding carboxylic acids is 2. The monoisotopic (exact) mass is 634 g/mol. The van der Waals surface area contributed by atoms with Gasteiger partial charge in [0.15, 0.2) is 5.78 Å². The van der Waals surface area contributed by atoms with E-state index in [1.165, 1.54) is 0 Å². The van der Waals surface area contributed by atoms with Gasteiger partial charge in [0.1, 0.15) is 18.1 Å². The standard InChI is InChI=1S/C23H18ClFN2O.C5H10O3S2.2C2H6/c1-13-4-5-14(2)21(25)20(13)22(28)19-12-27(3)23-18(19)10-16(11-26-23)15-6-8-17(24)9-7-15;6-1-3-9-10-4-2-8-5-7;2*1-2/h4-12H,1-3H3;5-6H,1-4H2;2*1-2H3. The Kier molecular flexibility index (Phi) is 17.8. The number of nitrogens with zero attached hydrogens (tertiary/aromatic N) is 2. The van der Waals surface area contributed by atoms with E-state index in [1.54, 1.807) is 64.5 Å². The Morgan fingerprint density at radius 1 is 1.02 bits per heavy atom. The van der Waals surface area contributed by atoms with Gasteiger partial charge in [-0.1, -0.05) is 85.1 Å². The topological polar surface area (TPSA) is 81.4 Å². The molecule has 0 saturated heterocycles. The highest BCUT2D eigenvalue weighted by Crippen LogP contribution is 2.30. The summed E-state index contributed by atoms with van der Waals surface area (Å²) in [5.74, 6) is 0.706. The van der Waals surface area contributed by atoms with Crippen LogP contribution in [0.25, 0.3) is 22.2 Å². The predicted octanol–water partition coefficient (Wildman–Crippen LogP) is 8.47. The summed E-state index contributed by atoms with van der Waals surface area (Å²) in [6, 6.07) is 12.8. The van der Waals surface area contributed by atoms with Gasteiger partial charge < -0.3 is 14.4 Å². The summed E-state index contributed by atoms with van der Waals surface area (Å²) in [4.78, 5) is 27.4. The van der Waals surface area contributed by atoms with Crippen LogP contribution in [0.1, 0.15) is 54.7 Å². The van der Waals surface area contributed by atoms with Crippen LogP contribution in [0.4, 0.5) is 4.39 Å². The highest BCUT2D eigenvalue weighted by Gasteiger charge is 2.22. The zero-order valence-electron chi connectivity index (χ0n) is 25.2. The molecule has 2 heterocycles. The summed E-state index contributed by atoms with van der Waals surface area (Å²) in [7, 11) is 4.99. The molecule has 0 saturated carbocycles. The maximum Gasteiger partial charge on any atom is 0.293 e. The van der Waals surface area contributed by atoms with Crippen LogP contribution in [0, 0.1) is 19.7 Å². The van der Waals surface area contributed by atoms with Crippen molar-refractivity contribution in [1.82, 2.24) is 9.55 Å². The van der Waals surface area contributed by atoms with Crippen molar-refractivity contribution in [2.45, 2.75) is 41.5 Å². The number of carbonyl (C=O) groups is 2. The molecule has 2 aromatic heterocycles. The highest BCUT2D eigenvalue weighted by atomic mass is 35.5. The molecule has 1 N–H and O–H groups in total. The first-order valence-corrected chi connectivity index (χ1v) is 16.6. The molecule has 0 spiro atoms. The van der Waals surface area contributed by atoms with Gasteiger partial charge in [0.2, 0.25) is 0 Å². The largest absolute Gasteiger partial charge is 0.467 e. The Labute approximate surface area is 261 Å². The highest BCUT2D eigenvalue weighted by molar-refractivity contribution is 8.76. The Bertz CT molecular complexity index is 1410. The van der Waals surface area contributed by atoms with E-state index in [-0.39, 0.29) is 18.0 Å². The van der Waals surface area contributed by atoms with Gasteiger partial charge in [-0.05, 0) is 48.7 Å². The maximum absolute atomic E-state index is 14.7. The number of aliphatic hydroxyl groups excluding tert-OH is 1. The summed E-state index contributed by atoms with van der Waals surface area (Å²) in [5.41, 5.74) is 4.11. The first-order valence-electron chi connectivity index (χ1n) is 13.7. The zero-order valence-corrected chi connectivity index (χ0v) is 27.6.